The van der Waals surface area contributed by atoms with Crippen molar-refractivity contribution in [2.24, 2.45) is 17.8 Å². The van der Waals surface area contributed by atoms with Gasteiger partial charge in [0.1, 0.15) is 11.3 Å². The van der Waals surface area contributed by atoms with E-state index in [-0.39, 0.29) is 11.6 Å². The Labute approximate surface area is 135 Å². The topological polar surface area (TPSA) is 108 Å². The van der Waals surface area contributed by atoms with Crippen molar-refractivity contribution >= 4 is 5.71 Å². The number of rotatable bonds is 1. The minimum atomic E-state index is -1.40. The van der Waals surface area contributed by atoms with Gasteiger partial charge >= 0.3 is 0 Å². The van der Waals surface area contributed by atoms with Gasteiger partial charge in [0, 0.05) is 12.4 Å². The first-order valence-corrected chi connectivity index (χ1v) is 7.60. The third kappa shape index (κ3) is 1.96. The predicted molar refractivity (Wildman–Crippen MR) is 82.9 cm³/mol. The maximum Gasteiger partial charge on any atom is 0.139 e. The van der Waals surface area contributed by atoms with Crippen LogP contribution in [0.1, 0.15) is 24.8 Å². The van der Waals surface area contributed by atoms with Gasteiger partial charge in [-0.2, -0.15) is 15.8 Å². The molecular weight excluding hydrogens is 286 g/mol. The molecule has 5 nitrogen and oxygen atoms in total. The maximum absolute atomic E-state index is 9.97. The molecule has 0 aliphatic heterocycles. The van der Waals surface area contributed by atoms with Crippen molar-refractivity contribution in [3.63, 3.8) is 0 Å². The minimum Gasteiger partial charge on any atom is -0.306 e. The predicted octanol–water partition coefficient (Wildman–Crippen LogP) is 2.88. The molecule has 3 rings (SSSR count). The Morgan fingerprint density at radius 2 is 2.09 bits per heavy atom. The van der Waals surface area contributed by atoms with E-state index in [1.165, 1.54) is 6.20 Å². The van der Waals surface area contributed by atoms with Crippen molar-refractivity contribution in [3.8, 4) is 18.2 Å². The summed E-state index contributed by atoms with van der Waals surface area (Å²) in [5, 5.41) is 38.0. The van der Waals surface area contributed by atoms with Gasteiger partial charge in [0.2, 0.25) is 0 Å². The molecule has 0 bridgehead atoms. The normalized spacial score (nSPS) is 32.7. The SMILES string of the molecule is N#C[C@H]1C(=N)[C@](C#N)(c2cccnc2)[C@H](C#N)[C@@H]2CCCC=C12. The van der Waals surface area contributed by atoms with Crippen molar-refractivity contribution < 1.29 is 0 Å². The highest BCUT2D eigenvalue weighted by Crippen LogP contribution is 2.51. The van der Waals surface area contributed by atoms with E-state index >= 15 is 0 Å². The van der Waals surface area contributed by atoms with Gasteiger partial charge in [-0.1, -0.05) is 12.1 Å². The molecular formula is C18H15N5. The summed E-state index contributed by atoms with van der Waals surface area (Å²) in [4.78, 5) is 4.06. The summed E-state index contributed by atoms with van der Waals surface area (Å²) in [5.41, 5.74) is -0.0108. The monoisotopic (exact) mass is 301 g/mol. The van der Waals surface area contributed by atoms with E-state index in [0.717, 1.165) is 24.8 Å². The molecule has 1 aromatic rings. The number of allylic oxidation sites excluding steroid dienone is 2. The number of hydrogen-bond acceptors (Lipinski definition) is 5. The molecule has 0 amide bonds. The Morgan fingerprint density at radius 3 is 2.70 bits per heavy atom. The number of nitrogens with one attached hydrogen (secondary N) is 1. The van der Waals surface area contributed by atoms with Crippen LogP contribution in [0.15, 0.2) is 36.2 Å². The highest BCUT2D eigenvalue weighted by atomic mass is 14.7. The summed E-state index contributed by atoms with van der Waals surface area (Å²) in [5.74, 6) is -1.54. The van der Waals surface area contributed by atoms with Gasteiger partial charge in [0.05, 0.1) is 29.8 Å². The Balaban J connectivity index is 2.27. The second-order valence-corrected chi connectivity index (χ2v) is 5.99. The molecule has 1 aromatic heterocycles. The van der Waals surface area contributed by atoms with Crippen LogP contribution in [-0.4, -0.2) is 10.7 Å². The summed E-state index contributed by atoms with van der Waals surface area (Å²) < 4.78 is 0. The lowest BCUT2D eigenvalue weighted by Crippen LogP contribution is -2.53. The van der Waals surface area contributed by atoms with E-state index in [1.807, 2.05) is 6.08 Å². The van der Waals surface area contributed by atoms with Crippen LogP contribution in [0.5, 0.6) is 0 Å². The Bertz CT molecular complexity index is 789. The minimum absolute atomic E-state index is 0.00597. The van der Waals surface area contributed by atoms with Crippen molar-refractivity contribution in [1.82, 2.24) is 4.98 Å². The molecule has 0 aromatic carbocycles. The van der Waals surface area contributed by atoms with Crippen LogP contribution in [-0.2, 0) is 5.41 Å². The van der Waals surface area contributed by atoms with E-state index < -0.39 is 17.3 Å². The molecule has 1 heterocycles. The largest absolute Gasteiger partial charge is 0.306 e. The molecule has 2 aliphatic rings. The standard InChI is InChI=1S/C18H15N5/c19-8-15-13-5-1-2-6-14(13)16(9-20)18(11-21,17(15)22)12-4-3-7-23-10-12/h3-5,7,10,14-16,22H,1-2,6H2/t14-,15-,16-,18-/m1/s1. The number of nitriles is 3. The quantitative estimate of drug-likeness (QED) is 0.804. The highest BCUT2D eigenvalue weighted by molar-refractivity contribution is 6.02. The van der Waals surface area contributed by atoms with E-state index in [1.54, 1.807) is 18.3 Å². The van der Waals surface area contributed by atoms with E-state index in [4.69, 9.17) is 5.41 Å². The fourth-order valence-electron chi connectivity index (χ4n) is 3.93. The van der Waals surface area contributed by atoms with Crippen LogP contribution in [0.2, 0.25) is 0 Å². The second kappa shape index (κ2) is 5.67. The lowest BCUT2D eigenvalue weighted by Gasteiger charge is -2.45. The van der Waals surface area contributed by atoms with Crippen molar-refractivity contribution in [2.45, 2.75) is 24.7 Å². The van der Waals surface area contributed by atoms with E-state index in [9.17, 15) is 15.8 Å². The van der Waals surface area contributed by atoms with Crippen LogP contribution in [0, 0.1) is 57.2 Å². The number of fused-ring (bicyclic) bond motifs is 1. The third-order valence-corrected chi connectivity index (χ3v) is 5.00. The molecule has 1 N–H and O–H groups in total. The van der Waals surface area contributed by atoms with Gasteiger partial charge in [0.25, 0.3) is 0 Å². The highest BCUT2D eigenvalue weighted by Gasteiger charge is 2.57. The first-order chi connectivity index (χ1) is 11.2. The van der Waals surface area contributed by atoms with Gasteiger partial charge in [-0.05, 0) is 42.4 Å². The fourth-order valence-corrected chi connectivity index (χ4v) is 3.93. The summed E-state index contributed by atoms with van der Waals surface area (Å²) in [7, 11) is 0. The van der Waals surface area contributed by atoms with Gasteiger partial charge in [-0.25, -0.2) is 0 Å². The Kier molecular flexibility index (Phi) is 3.68. The van der Waals surface area contributed by atoms with Crippen LogP contribution in [0.3, 0.4) is 0 Å². The number of hydrogen-bond donors (Lipinski definition) is 1. The Hall–Kier alpha value is -2.97. The average molecular weight is 301 g/mol. The lowest BCUT2D eigenvalue weighted by atomic mass is 9.53. The number of nitrogens with zero attached hydrogens (tertiary/aromatic N) is 4. The first kappa shape index (κ1) is 14.9. The van der Waals surface area contributed by atoms with Crippen LogP contribution >= 0.6 is 0 Å². The number of pyridine rings is 1. The van der Waals surface area contributed by atoms with E-state index in [0.29, 0.717) is 5.56 Å². The van der Waals surface area contributed by atoms with Crippen molar-refractivity contribution in [2.75, 3.05) is 0 Å². The van der Waals surface area contributed by atoms with Gasteiger partial charge < -0.3 is 5.41 Å². The molecule has 0 spiro atoms. The smallest absolute Gasteiger partial charge is 0.139 e. The molecule has 1 fully saturated rings. The van der Waals surface area contributed by atoms with Crippen LogP contribution < -0.4 is 0 Å². The summed E-state index contributed by atoms with van der Waals surface area (Å²) in [6.45, 7) is 0. The molecule has 4 atom stereocenters. The Morgan fingerprint density at radius 1 is 1.26 bits per heavy atom. The average Bonchev–Trinajstić information content (AvgIpc) is 2.61. The zero-order valence-electron chi connectivity index (χ0n) is 12.5. The van der Waals surface area contributed by atoms with Gasteiger partial charge in [-0.15, -0.1) is 0 Å². The molecule has 23 heavy (non-hydrogen) atoms. The van der Waals surface area contributed by atoms with Crippen molar-refractivity contribution in [1.29, 1.82) is 21.2 Å². The molecule has 112 valence electrons. The summed E-state index contributed by atoms with van der Waals surface area (Å²) in [6.07, 6.45) is 7.70. The van der Waals surface area contributed by atoms with Gasteiger partial charge in [0.15, 0.2) is 0 Å². The summed E-state index contributed by atoms with van der Waals surface area (Å²) >= 11 is 0. The lowest BCUT2D eigenvalue weighted by molar-refractivity contribution is 0.313. The van der Waals surface area contributed by atoms with Crippen LogP contribution in [0.4, 0.5) is 0 Å². The maximum atomic E-state index is 9.97. The summed E-state index contributed by atoms with van der Waals surface area (Å²) in [6, 6.07) is 10.1. The first-order valence-electron chi connectivity index (χ1n) is 7.60. The molecule has 0 unspecified atom stereocenters. The van der Waals surface area contributed by atoms with Crippen molar-refractivity contribution in [3.05, 3.63) is 41.7 Å². The molecule has 2 aliphatic carbocycles. The molecule has 0 saturated heterocycles. The number of aromatic nitrogens is 1. The van der Waals surface area contributed by atoms with Gasteiger partial charge in [-0.3, -0.25) is 4.98 Å². The molecule has 5 heteroatoms. The zero-order valence-corrected chi connectivity index (χ0v) is 12.5. The fraction of sp³-hybridized carbons (Fsp3) is 0.389. The third-order valence-electron chi connectivity index (χ3n) is 5.00. The second-order valence-electron chi connectivity index (χ2n) is 5.99. The van der Waals surface area contributed by atoms with Crippen LogP contribution in [0.25, 0.3) is 0 Å². The van der Waals surface area contributed by atoms with E-state index in [2.05, 4.69) is 23.2 Å². The zero-order chi connectivity index (χ0) is 16.4. The molecule has 0 radical (unpaired) electrons. The molecule has 1 saturated carbocycles.